The molecule has 0 spiro atoms. The minimum Gasteiger partial charge on any atom is -0.350 e. The van der Waals surface area contributed by atoms with E-state index in [1.807, 2.05) is 0 Å². The Balaban J connectivity index is 1.89. The Bertz CT molecular complexity index is 251. The number of carbonyl (C=O) groups excluding carboxylic acids is 1. The number of carbonyl (C=O) groups is 1. The molecule has 72 valence electrons. The lowest BCUT2D eigenvalue weighted by molar-refractivity contribution is -0.122. The van der Waals surface area contributed by atoms with Gasteiger partial charge < -0.3 is 9.47 Å². The Morgan fingerprint density at radius 2 is 2.23 bits per heavy atom. The first kappa shape index (κ1) is 7.94. The van der Waals surface area contributed by atoms with Crippen molar-refractivity contribution in [1.82, 2.24) is 0 Å². The van der Waals surface area contributed by atoms with Gasteiger partial charge >= 0.3 is 0 Å². The molecule has 3 rings (SSSR count). The van der Waals surface area contributed by atoms with Crippen molar-refractivity contribution in [1.29, 1.82) is 0 Å². The molecular weight excluding hydrogens is 168 g/mol. The lowest BCUT2D eigenvalue weighted by Gasteiger charge is -2.31. The van der Waals surface area contributed by atoms with E-state index in [2.05, 4.69) is 6.92 Å². The number of hydrogen-bond donors (Lipinski definition) is 0. The molecule has 2 aliphatic heterocycles. The first-order valence-electron chi connectivity index (χ1n) is 5.05. The molecule has 0 radical (unpaired) electrons. The summed E-state index contributed by atoms with van der Waals surface area (Å²) in [4.78, 5) is 11.5. The van der Waals surface area contributed by atoms with E-state index in [1.54, 1.807) is 0 Å². The number of Topliss-reactive ketones (excluding diaryl/α,β-unsaturated/α-hetero) is 1. The van der Waals surface area contributed by atoms with Gasteiger partial charge in [-0.3, -0.25) is 4.79 Å². The Kier molecular flexibility index (Phi) is 1.56. The van der Waals surface area contributed by atoms with Crippen molar-refractivity contribution in [2.45, 2.75) is 32.2 Å². The summed E-state index contributed by atoms with van der Waals surface area (Å²) in [6, 6.07) is 0. The number of hydrogen-bond acceptors (Lipinski definition) is 3. The van der Waals surface area contributed by atoms with Crippen LogP contribution in [0.3, 0.4) is 0 Å². The standard InChI is InChI=1S/C10H14O3/c1-5-6-3-10-12-4-9(13-10)7(6)2-8(5)11/h5-7,9-10H,2-4H2,1H3/t5-,6-,7+,9-,10-/m1/s1. The SMILES string of the molecule is C[C@H]1C(=O)C[C@H]2[C@@H]1C[C@@H]1OC[C@H]2O1. The van der Waals surface area contributed by atoms with Crippen molar-refractivity contribution in [3.8, 4) is 0 Å². The van der Waals surface area contributed by atoms with Gasteiger partial charge in [0, 0.05) is 18.8 Å². The van der Waals surface area contributed by atoms with Crippen LogP contribution in [0.4, 0.5) is 0 Å². The summed E-state index contributed by atoms with van der Waals surface area (Å²) in [5, 5.41) is 0. The van der Waals surface area contributed by atoms with Crippen molar-refractivity contribution in [3.05, 3.63) is 0 Å². The quantitative estimate of drug-likeness (QED) is 0.560. The smallest absolute Gasteiger partial charge is 0.158 e. The summed E-state index contributed by atoms with van der Waals surface area (Å²) < 4.78 is 11.1. The number of fused-ring (bicyclic) bond motifs is 4. The largest absolute Gasteiger partial charge is 0.350 e. The molecule has 0 aromatic rings. The van der Waals surface area contributed by atoms with Crippen LogP contribution in [0.5, 0.6) is 0 Å². The maximum absolute atomic E-state index is 11.5. The van der Waals surface area contributed by atoms with Gasteiger partial charge in [-0.15, -0.1) is 0 Å². The number of ketones is 1. The van der Waals surface area contributed by atoms with Crippen LogP contribution in [0.15, 0.2) is 0 Å². The second-order valence-corrected chi connectivity index (χ2v) is 4.46. The minimum atomic E-state index is -0.0143. The molecule has 0 N–H and O–H groups in total. The summed E-state index contributed by atoms with van der Waals surface area (Å²) in [5.74, 6) is 1.63. The summed E-state index contributed by atoms with van der Waals surface area (Å²) in [5.41, 5.74) is 0. The van der Waals surface area contributed by atoms with Crippen LogP contribution < -0.4 is 0 Å². The van der Waals surface area contributed by atoms with Gasteiger partial charge in [-0.1, -0.05) is 6.92 Å². The Morgan fingerprint density at radius 1 is 1.38 bits per heavy atom. The van der Waals surface area contributed by atoms with Crippen molar-refractivity contribution >= 4 is 5.78 Å². The fraction of sp³-hybridized carbons (Fsp3) is 0.900. The van der Waals surface area contributed by atoms with Gasteiger partial charge in [0.2, 0.25) is 0 Å². The average molecular weight is 182 g/mol. The molecule has 3 aliphatic rings. The predicted octanol–water partition coefficient (Wildman–Crippen LogP) is 0.973. The van der Waals surface area contributed by atoms with Crippen LogP contribution in [-0.4, -0.2) is 24.8 Å². The third-order valence-electron chi connectivity index (χ3n) is 3.85. The summed E-state index contributed by atoms with van der Waals surface area (Å²) in [6.07, 6.45) is 1.83. The molecular formula is C10H14O3. The highest BCUT2D eigenvalue weighted by Gasteiger charge is 2.51. The van der Waals surface area contributed by atoms with Crippen LogP contribution in [0, 0.1) is 17.8 Å². The molecule has 5 atom stereocenters. The normalized spacial score (nSPS) is 53.9. The highest BCUT2D eigenvalue weighted by molar-refractivity contribution is 5.83. The van der Waals surface area contributed by atoms with Crippen LogP contribution in [-0.2, 0) is 14.3 Å². The summed E-state index contributed by atoms with van der Waals surface area (Å²) in [6.45, 7) is 2.75. The fourth-order valence-electron chi connectivity index (χ4n) is 3.01. The molecule has 3 heteroatoms. The van der Waals surface area contributed by atoms with Crippen molar-refractivity contribution < 1.29 is 14.3 Å². The Morgan fingerprint density at radius 3 is 3.08 bits per heavy atom. The Labute approximate surface area is 77.4 Å². The zero-order valence-electron chi connectivity index (χ0n) is 7.73. The maximum Gasteiger partial charge on any atom is 0.158 e. The molecule has 0 amide bonds. The maximum atomic E-state index is 11.5. The zero-order chi connectivity index (χ0) is 9.00. The van der Waals surface area contributed by atoms with E-state index in [-0.39, 0.29) is 18.3 Å². The lowest BCUT2D eigenvalue weighted by Crippen LogP contribution is -2.34. The predicted molar refractivity (Wildman–Crippen MR) is 45.0 cm³/mol. The van der Waals surface area contributed by atoms with Crippen molar-refractivity contribution in [3.63, 3.8) is 0 Å². The number of ether oxygens (including phenoxy) is 2. The highest BCUT2D eigenvalue weighted by Crippen LogP contribution is 2.46. The van der Waals surface area contributed by atoms with E-state index < -0.39 is 0 Å². The molecule has 1 aliphatic carbocycles. The lowest BCUT2D eigenvalue weighted by atomic mass is 9.83. The second-order valence-electron chi connectivity index (χ2n) is 4.46. The molecule has 2 bridgehead atoms. The van der Waals surface area contributed by atoms with Crippen molar-refractivity contribution in [2.24, 2.45) is 17.8 Å². The van der Waals surface area contributed by atoms with E-state index >= 15 is 0 Å². The molecule has 0 aromatic heterocycles. The topological polar surface area (TPSA) is 35.5 Å². The molecule has 1 saturated carbocycles. The molecule has 13 heavy (non-hydrogen) atoms. The second kappa shape index (κ2) is 2.55. The van der Waals surface area contributed by atoms with E-state index in [4.69, 9.17) is 9.47 Å². The van der Waals surface area contributed by atoms with Gasteiger partial charge in [-0.2, -0.15) is 0 Å². The molecule has 0 aromatic carbocycles. The van der Waals surface area contributed by atoms with Crippen LogP contribution >= 0.6 is 0 Å². The molecule has 0 unspecified atom stereocenters. The third-order valence-corrected chi connectivity index (χ3v) is 3.85. The van der Waals surface area contributed by atoms with Crippen LogP contribution in [0.2, 0.25) is 0 Å². The van der Waals surface area contributed by atoms with E-state index in [0.29, 0.717) is 30.6 Å². The minimum absolute atomic E-state index is 0.0143. The van der Waals surface area contributed by atoms with E-state index in [0.717, 1.165) is 6.42 Å². The van der Waals surface area contributed by atoms with E-state index in [9.17, 15) is 4.79 Å². The summed E-state index contributed by atoms with van der Waals surface area (Å²) in [7, 11) is 0. The first-order valence-corrected chi connectivity index (χ1v) is 5.05. The monoisotopic (exact) mass is 182 g/mol. The number of rotatable bonds is 0. The zero-order valence-corrected chi connectivity index (χ0v) is 7.73. The Hall–Kier alpha value is -0.410. The van der Waals surface area contributed by atoms with Gasteiger partial charge in [0.25, 0.3) is 0 Å². The average Bonchev–Trinajstić information content (AvgIpc) is 2.63. The molecule has 2 saturated heterocycles. The van der Waals surface area contributed by atoms with Gasteiger partial charge in [-0.25, -0.2) is 0 Å². The molecule has 3 fully saturated rings. The fourth-order valence-corrected chi connectivity index (χ4v) is 3.01. The van der Waals surface area contributed by atoms with Gasteiger partial charge in [0.05, 0.1) is 12.7 Å². The van der Waals surface area contributed by atoms with E-state index in [1.165, 1.54) is 0 Å². The van der Waals surface area contributed by atoms with Gasteiger partial charge in [0.15, 0.2) is 6.29 Å². The third kappa shape index (κ3) is 1.00. The highest BCUT2D eigenvalue weighted by atomic mass is 16.7. The molecule has 2 heterocycles. The van der Waals surface area contributed by atoms with Crippen LogP contribution in [0.25, 0.3) is 0 Å². The van der Waals surface area contributed by atoms with Crippen molar-refractivity contribution in [2.75, 3.05) is 6.61 Å². The van der Waals surface area contributed by atoms with Crippen LogP contribution in [0.1, 0.15) is 19.8 Å². The van der Waals surface area contributed by atoms with Gasteiger partial charge in [-0.05, 0) is 11.8 Å². The molecule has 3 nitrogen and oxygen atoms in total. The first-order chi connectivity index (χ1) is 6.25. The van der Waals surface area contributed by atoms with Gasteiger partial charge in [0.1, 0.15) is 5.78 Å². The summed E-state index contributed by atoms with van der Waals surface area (Å²) >= 11 is 0.